The van der Waals surface area contributed by atoms with Crippen molar-refractivity contribution in [1.82, 2.24) is 5.43 Å². The second-order valence-corrected chi connectivity index (χ2v) is 13.3. The number of thiocarbonyl (C=S) groups is 1. The van der Waals surface area contributed by atoms with Crippen molar-refractivity contribution in [3.63, 3.8) is 0 Å². The summed E-state index contributed by atoms with van der Waals surface area (Å²) in [5.74, 6) is 1.07. The number of hydrazone groups is 1. The van der Waals surface area contributed by atoms with Crippen LogP contribution in [0.5, 0.6) is 0 Å². The van der Waals surface area contributed by atoms with Crippen molar-refractivity contribution < 1.29 is 9.53 Å². The van der Waals surface area contributed by atoms with Crippen LogP contribution in [0.1, 0.15) is 91.0 Å². The number of para-hydroxylation sites is 1. The number of carbonyl (C=O) groups is 1. The van der Waals surface area contributed by atoms with E-state index in [2.05, 4.69) is 44.5 Å². The van der Waals surface area contributed by atoms with Gasteiger partial charge in [0.15, 0.2) is 5.11 Å². The predicted octanol–water partition coefficient (Wildman–Crippen LogP) is 7.00. The number of hydrogen-bond donors (Lipinski definition) is 2. The van der Waals surface area contributed by atoms with Crippen molar-refractivity contribution >= 4 is 34.7 Å². The molecule has 0 radical (unpaired) electrons. The van der Waals surface area contributed by atoms with E-state index in [0.29, 0.717) is 23.6 Å². The molecule has 5 nitrogen and oxygen atoms in total. The quantitative estimate of drug-likeness (QED) is 0.260. The minimum Gasteiger partial charge on any atom is -0.466 e. The topological polar surface area (TPSA) is 62.7 Å². The lowest BCUT2D eigenvalue weighted by atomic mass is 9.40. The molecule has 1 aromatic carbocycles. The molecule has 0 saturated heterocycles. The highest BCUT2D eigenvalue weighted by Gasteiger charge is 2.67. The van der Waals surface area contributed by atoms with Crippen molar-refractivity contribution in [3.8, 4) is 0 Å². The van der Waals surface area contributed by atoms with Gasteiger partial charge in [0.1, 0.15) is 0 Å². The van der Waals surface area contributed by atoms with Gasteiger partial charge < -0.3 is 10.1 Å². The molecule has 2 bridgehead atoms. The maximum atomic E-state index is 13.2. The fourth-order valence-electron chi connectivity index (χ4n) is 9.22. The Morgan fingerprint density at radius 3 is 2.61 bits per heavy atom. The number of nitrogens with zero attached hydrogens (tertiary/aromatic N) is 1. The Morgan fingerprint density at radius 2 is 1.86 bits per heavy atom. The molecular formula is C30H43N3O2S. The van der Waals surface area contributed by atoms with E-state index in [9.17, 15) is 4.79 Å². The minimum absolute atomic E-state index is 0.0325. The van der Waals surface area contributed by atoms with E-state index < -0.39 is 0 Å². The normalized spacial score (nSPS) is 40.2. The first kappa shape index (κ1) is 25.7. The third-order valence-electron chi connectivity index (χ3n) is 10.8. The molecular weight excluding hydrogens is 466 g/mol. The monoisotopic (exact) mass is 509 g/mol. The summed E-state index contributed by atoms with van der Waals surface area (Å²) in [6, 6.07) is 8.16. The summed E-state index contributed by atoms with van der Waals surface area (Å²) in [5, 5.41) is 8.79. The van der Waals surface area contributed by atoms with E-state index in [4.69, 9.17) is 22.1 Å². The molecule has 0 amide bonds. The number of benzene rings is 1. The number of fused-ring (bicyclic) bond motifs is 3. The van der Waals surface area contributed by atoms with Crippen LogP contribution in [-0.2, 0) is 9.53 Å². The average molecular weight is 510 g/mol. The predicted molar refractivity (Wildman–Crippen MR) is 150 cm³/mol. The summed E-state index contributed by atoms with van der Waals surface area (Å²) in [7, 11) is 0. The van der Waals surface area contributed by atoms with Crippen molar-refractivity contribution in [3.05, 3.63) is 29.8 Å². The van der Waals surface area contributed by atoms with E-state index in [1.54, 1.807) is 0 Å². The number of aryl methyl sites for hydroxylation is 1. The minimum atomic E-state index is -0.351. The van der Waals surface area contributed by atoms with Crippen LogP contribution in [0.3, 0.4) is 0 Å². The van der Waals surface area contributed by atoms with E-state index in [1.165, 1.54) is 31.4 Å². The van der Waals surface area contributed by atoms with Crippen LogP contribution in [0, 0.1) is 40.4 Å². The Labute approximate surface area is 222 Å². The molecule has 0 aromatic heterocycles. The molecule has 0 aliphatic heterocycles. The number of anilines is 1. The summed E-state index contributed by atoms with van der Waals surface area (Å²) in [6.45, 7) is 11.6. The summed E-state index contributed by atoms with van der Waals surface area (Å²) >= 11 is 5.59. The van der Waals surface area contributed by atoms with Gasteiger partial charge in [0.05, 0.1) is 12.0 Å². The molecule has 2 N–H and O–H groups in total. The SMILES string of the molecule is CCOC(=O)[C@]1(C)CCC[C@@]2(C)[C@@H]3CC[C@@]4(C)C[C@]3(CC[C@@H]21)C/C4=N\NC(=S)Nc1ccccc1C. The van der Waals surface area contributed by atoms with Gasteiger partial charge in [-0.25, -0.2) is 0 Å². The summed E-state index contributed by atoms with van der Waals surface area (Å²) < 4.78 is 5.63. The maximum absolute atomic E-state index is 13.2. The van der Waals surface area contributed by atoms with Crippen LogP contribution in [0.4, 0.5) is 5.69 Å². The van der Waals surface area contributed by atoms with Gasteiger partial charge >= 0.3 is 5.97 Å². The van der Waals surface area contributed by atoms with Crippen molar-refractivity contribution in [2.45, 2.75) is 92.4 Å². The Balaban J connectivity index is 1.36. The number of esters is 1. The van der Waals surface area contributed by atoms with Gasteiger partial charge in [0, 0.05) is 16.8 Å². The first-order valence-electron chi connectivity index (χ1n) is 13.9. The van der Waals surface area contributed by atoms with Crippen LogP contribution >= 0.6 is 12.2 Å². The standard InChI is InChI=1S/C30H43N3O2S/c1-6-35-25(34)29(5)15-9-14-28(4)22(29)13-17-30-18-24(27(3,19-30)16-12-23(28)30)32-33-26(36)31-21-11-8-7-10-20(21)2/h7-8,10-11,22-23H,6,9,12-19H2,1-5H3,(H2,31,33,36)/b32-24+/t22-,23-,27-,28+,29+,30-/m0/s1. The van der Waals surface area contributed by atoms with E-state index in [1.807, 2.05) is 25.1 Å². The summed E-state index contributed by atoms with van der Waals surface area (Å²) in [5.41, 5.74) is 6.89. The molecule has 6 atom stereocenters. The van der Waals surface area contributed by atoms with E-state index in [-0.39, 0.29) is 27.6 Å². The van der Waals surface area contributed by atoms with Gasteiger partial charge in [0.25, 0.3) is 0 Å². The molecule has 6 heteroatoms. The molecule has 1 aromatic rings. The first-order chi connectivity index (χ1) is 17.1. The molecule has 0 heterocycles. The maximum Gasteiger partial charge on any atom is 0.312 e. The molecule has 4 aliphatic rings. The number of carbonyl (C=O) groups excluding carboxylic acids is 1. The van der Waals surface area contributed by atoms with Crippen LogP contribution in [0.15, 0.2) is 29.4 Å². The molecule has 4 saturated carbocycles. The zero-order valence-corrected chi connectivity index (χ0v) is 23.5. The smallest absolute Gasteiger partial charge is 0.312 e. The molecule has 5 rings (SSSR count). The van der Waals surface area contributed by atoms with Crippen molar-refractivity contribution in [2.75, 3.05) is 11.9 Å². The zero-order chi connectivity index (χ0) is 25.8. The fourth-order valence-corrected chi connectivity index (χ4v) is 9.38. The van der Waals surface area contributed by atoms with Crippen molar-refractivity contribution in [2.24, 2.45) is 38.6 Å². The van der Waals surface area contributed by atoms with Crippen LogP contribution in [0.25, 0.3) is 0 Å². The highest BCUT2D eigenvalue weighted by Crippen LogP contribution is 2.73. The molecule has 4 fully saturated rings. The Morgan fingerprint density at radius 1 is 1.11 bits per heavy atom. The van der Waals surface area contributed by atoms with Crippen LogP contribution in [0.2, 0.25) is 0 Å². The fraction of sp³-hybridized carbons (Fsp3) is 0.700. The van der Waals surface area contributed by atoms with Gasteiger partial charge in [-0.15, -0.1) is 0 Å². The first-order valence-corrected chi connectivity index (χ1v) is 14.3. The van der Waals surface area contributed by atoms with Crippen molar-refractivity contribution in [1.29, 1.82) is 0 Å². The van der Waals surface area contributed by atoms with Gasteiger partial charge in [-0.1, -0.05) is 38.5 Å². The average Bonchev–Trinajstić information content (AvgIpc) is 3.03. The highest BCUT2D eigenvalue weighted by molar-refractivity contribution is 7.80. The largest absolute Gasteiger partial charge is 0.466 e. The third kappa shape index (κ3) is 3.99. The lowest BCUT2D eigenvalue weighted by molar-refractivity contribution is -0.187. The third-order valence-corrected chi connectivity index (χ3v) is 11.0. The van der Waals surface area contributed by atoms with Gasteiger partial charge in [-0.2, -0.15) is 5.10 Å². The lowest BCUT2D eigenvalue weighted by Crippen LogP contribution is -2.58. The van der Waals surface area contributed by atoms with E-state index >= 15 is 0 Å². The van der Waals surface area contributed by atoms with Gasteiger partial charge in [-0.3, -0.25) is 10.2 Å². The number of ether oxygens (including phenoxy) is 1. The molecule has 0 unspecified atom stereocenters. The second-order valence-electron chi connectivity index (χ2n) is 12.9. The van der Waals surface area contributed by atoms with Gasteiger partial charge in [-0.05, 0) is 119 Å². The van der Waals surface area contributed by atoms with Crippen LogP contribution in [-0.4, -0.2) is 23.4 Å². The lowest BCUT2D eigenvalue weighted by Gasteiger charge is -2.64. The second kappa shape index (κ2) is 9.11. The Hall–Kier alpha value is -1.95. The highest BCUT2D eigenvalue weighted by atomic mass is 32.1. The summed E-state index contributed by atoms with van der Waals surface area (Å²) in [4.78, 5) is 13.2. The Kier molecular flexibility index (Phi) is 6.50. The van der Waals surface area contributed by atoms with Crippen LogP contribution < -0.4 is 10.7 Å². The molecule has 196 valence electrons. The number of nitrogens with one attached hydrogen (secondary N) is 2. The zero-order valence-electron chi connectivity index (χ0n) is 22.7. The Bertz CT molecular complexity index is 1090. The van der Waals surface area contributed by atoms with Gasteiger partial charge in [0.2, 0.25) is 0 Å². The van der Waals surface area contributed by atoms with E-state index in [0.717, 1.165) is 43.4 Å². The number of rotatable bonds is 4. The molecule has 4 aliphatic carbocycles. The number of hydrogen-bond acceptors (Lipinski definition) is 4. The molecule has 36 heavy (non-hydrogen) atoms. The molecule has 1 spiro atoms. The summed E-state index contributed by atoms with van der Waals surface area (Å²) in [6.07, 6.45) is 10.3.